The van der Waals surface area contributed by atoms with E-state index in [4.69, 9.17) is 32.7 Å². The fourth-order valence-corrected chi connectivity index (χ4v) is 3.46. The highest BCUT2D eigenvalue weighted by molar-refractivity contribution is 6.26. The Morgan fingerprint density at radius 1 is 0.971 bits per heavy atom. The molecule has 34 heavy (non-hydrogen) atoms. The zero-order chi connectivity index (χ0) is 24.9. The van der Waals surface area contributed by atoms with Crippen molar-refractivity contribution in [3.8, 4) is 11.1 Å². The van der Waals surface area contributed by atoms with E-state index in [2.05, 4.69) is 10.4 Å². The fraction of sp³-hybridized carbons (Fsp3) is 0.333. The third-order valence-corrected chi connectivity index (χ3v) is 5.45. The first-order chi connectivity index (χ1) is 16.1. The van der Waals surface area contributed by atoms with E-state index in [1.807, 2.05) is 42.5 Å². The van der Waals surface area contributed by atoms with Crippen LogP contribution in [-0.2, 0) is 32.7 Å². The van der Waals surface area contributed by atoms with Crippen molar-refractivity contribution >= 4 is 52.0 Å². The zero-order valence-corrected chi connectivity index (χ0v) is 20.6. The molecule has 0 fully saturated rings. The minimum Gasteiger partial charge on any atom is -0.462 e. The number of esters is 2. The number of aryl methyl sites for hydroxylation is 1. The van der Waals surface area contributed by atoms with Gasteiger partial charge in [0.1, 0.15) is 25.0 Å². The highest BCUT2D eigenvalue weighted by atomic mass is 35.5. The van der Waals surface area contributed by atoms with Crippen molar-refractivity contribution < 1.29 is 23.9 Å². The van der Waals surface area contributed by atoms with E-state index in [1.54, 1.807) is 25.6 Å². The molecule has 8 nitrogen and oxygen atoms in total. The number of amides is 1. The number of ether oxygens (including phenoxy) is 2. The van der Waals surface area contributed by atoms with E-state index in [-0.39, 0.29) is 36.6 Å². The fourth-order valence-electron chi connectivity index (χ4n) is 3.30. The van der Waals surface area contributed by atoms with Crippen molar-refractivity contribution in [2.45, 2.75) is 26.0 Å². The summed E-state index contributed by atoms with van der Waals surface area (Å²) in [6.07, 6.45) is 0. The summed E-state index contributed by atoms with van der Waals surface area (Å²) in [4.78, 5) is 35.5. The van der Waals surface area contributed by atoms with E-state index < -0.39 is 17.5 Å². The van der Waals surface area contributed by atoms with Gasteiger partial charge in [-0.15, -0.1) is 23.2 Å². The summed E-state index contributed by atoms with van der Waals surface area (Å²) in [5.74, 6) is -1.82. The summed E-state index contributed by atoms with van der Waals surface area (Å²) >= 11 is 10.9. The van der Waals surface area contributed by atoms with Crippen molar-refractivity contribution in [3.05, 3.63) is 53.7 Å². The first-order valence-electron chi connectivity index (χ1n) is 10.5. The van der Waals surface area contributed by atoms with Gasteiger partial charge in [0.25, 0.3) is 5.91 Å². The maximum Gasteiger partial charge on any atom is 0.321 e. The Morgan fingerprint density at radius 2 is 1.59 bits per heavy atom. The highest BCUT2D eigenvalue weighted by Crippen LogP contribution is 2.27. The first kappa shape index (κ1) is 25.5. The van der Waals surface area contributed by atoms with Crippen LogP contribution in [0, 0.1) is 0 Å². The van der Waals surface area contributed by atoms with Gasteiger partial charge >= 0.3 is 11.9 Å². The van der Waals surface area contributed by atoms with Crippen molar-refractivity contribution in [1.82, 2.24) is 15.1 Å². The number of alkyl halides is 2. The van der Waals surface area contributed by atoms with Gasteiger partial charge in [0.15, 0.2) is 5.69 Å². The lowest BCUT2D eigenvalue weighted by Crippen LogP contribution is -2.47. The van der Waals surface area contributed by atoms with Crippen molar-refractivity contribution in [1.29, 1.82) is 0 Å². The molecule has 0 spiro atoms. The molecule has 0 radical (unpaired) electrons. The third-order valence-electron chi connectivity index (χ3n) is 5.02. The monoisotopic (exact) mass is 505 g/mol. The van der Waals surface area contributed by atoms with E-state index in [0.717, 1.165) is 22.2 Å². The molecule has 1 N–H and O–H groups in total. The molecule has 180 valence electrons. The van der Waals surface area contributed by atoms with Crippen LogP contribution in [0.3, 0.4) is 0 Å². The Labute approximate surface area is 207 Å². The molecule has 1 amide bonds. The molecule has 0 atom stereocenters. The Morgan fingerprint density at radius 3 is 2.24 bits per heavy atom. The van der Waals surface area contributed by atoms with Gasteiger partial charge in [-0.25, -0.2) is 0 Å². The van der Waals surface area contributed by atoms with Gasteiger partial charge in [-0.05, 0) is 42.7 Å². The van der Waals surface area contributed by atoms with Crippen LogP contribution in [0.1, 0.15) is 29.9 Å². The standard InChI is InChI=1S/C24H25Cl2N3O5/c1-24(2,14-34-21(31)12-26)27-23(32)22-18-9-8-17(10-19(18)29(3)28-22)16-6-4-15(5-7-16)13-33-20(30)11-25/h4-10H,11-14H2,1-3H3,(H,27,32). The smallest absolute Gasteiger partial charge is 0.321 e. The van der Waals surface area contributed by atoms with E-state index in [0.29, 0.717) is 5.39 Å². The second-order valence-corrected chi connectivity index (χ2v) is 8.86. The molecule has 3 aromatic rings. The lowest BCUT2D eigenvalue weighted by molar-refractivity contribution is -0.143. The maximum absolute atomic E-state index is 12.9. The Hall–Kier alpha value is -3.10. The van der Waals surface area contributed by atoms with Gasteiger partial charge in [0.05, 0.1) is 11.1 Å². The summed E-state index contributed by atoms with van der Waals surface area (Å²) in [5.41, 5.74) is 3.01. The molecule has 0 aliphatic rings. The number of carbonyl (C=O) groups is 3. The quantitative estimate of drug-likeness (QED) is 0.350. The second kappa shape index (κ2) is 10.9. The van der Waals surface area contributed by atoms with Gasteiger partial charge in [0.2, 0.25) is 0 Å². The van der Waals surface area contributed by atoms with E-state index in [9.17, 15) is 14.4 Å². The number of halogens is 2. The van der Waals surface area contributed by atoms with Crippen LogP contribution in [0.15, 0.2) is 42.5 Å². The van der Waals surface area contributed by atoms with Crippen LogP contribution in [0.5, 0.6) is 0 Å². The number of benzene rings is 2. The summed E-state index contributed by atoms with van der Waals surface area (Å²) in [6, 6.07) is 13.3. The minimum absolute atomic E-state index is 0.0136. The average molecular weight is 506 g/mol. The second-order valence-electron chi connectivity index (χ2n) is 8.33. The number of rotatable bonds is 9. The molecule has 3 rings (SSSR count). The molecule has 2 aromatic carbocycles. The summed E-state index contributed by atoms with van der Waals surface area (Å²) in [5, 5.41) is 7.95. The summed E-state index contributed by atoms with van der Waals surface area (Å²) < 4.78 is 11.7. The number of fused-ring (bicyclic) bond motifs is 1. The molecule has 0 saturated heterocycles. The maximum atomic E-state index is 12.9. The van der Waals surface area contributed by atoms with Gasteiger partial charge in [-0.2, -0.15) is 5.10 Å². The highest BCUT2D eigenvalue weighted by Gasteiger charge is 2.26. The number of nitrogens with one attached hydrogen (secondary N) is 1. The number of hydrogen-bond acceptors (Lipinski definition) is 6. The van der Waals surface area contributed by atoms with Crippen molar-refractivity contribution in [2.75, 3.05) is 18.4 Å². The van der Waals surface area contributed by atoms with Crippen molar-refractivity contribution in [3.63, 3.8) is 0 Å². The topological polar surface area (TPSA) is 99.5 Å². The Balaban J connectivity index is 1.77. The molecule has 0 aliphatic heterocycles. The predicted molar refractivity (Wildman–Crippen MR) is 130 cm³/mol. The van der Waals surface area contributed by atoms with Crippen LogP contribution < -0.4 is 5.32 Å². The molecule has 0 saturated carbocycles. The minimum atomic E-state index is -0.803. The largest absolute Gasteiger partial charge is 0.462 e. The molecular formula is C24H25Cl2N3O5. The average Bonchev–Trinajstić information content (AvgIpc) is 3.17. The number of aromatic nitrogens is 2. The molecule has 0 aliphatic carbocycles. The SMILES string of the molecule is Cn1nc(C(=O)NC(C)(C)COC(=O)CCl)c2ccc(-c3ccc(COC(=O)CCl)cc3)cc21. The zero-order valence-electron chi connectivity index (χ0n) is 19.1. The van der Waals surface area contributed by atoms with Gasteiger partial charge < -0.3 is 14.8 Å². The number of hydrogen-bond donors (Lipinski definition) is 1. The molecule has 1 aromatic heterocycles. The van der Waals surface area contributed by atoms with Crippen LogP contribution in [-0.4, -0.2) is 51.5 Å². The van der Waals surface area contributed by atoms with Crippen LogP contribution in [0.2, 0.25) is 0 Å². The number of carbonyl (C=O) groups excluding carboxylic acids is 3. The Bertz CT molecular complexity index is 1210. The third kappa shape index (κ3) is 6.27. The Kier molecular flexibility index (Phi) is 8.17. The van der Waals surface area contributed by atoms with Crippen LogP contribution in [0.25, 0.3) is 22.0 Å². The lowest BCUT2D eigenvalue weighted by atomic mass is 10.0. The van der Waals surface area contributed by atoms with E-state index in [1.165, 1.54) is 0 Å². The van der Waals surface area contributed by atoms with Crippen LogP contribution >= 0.6 is 23.2 Å². The molecular weight excluding hydrogens is 481 g/mol. The number of nitrogens with zero attached hydrogens (tertiary/aromatic N) is 2. The van der Waals surface area contributed by atoms with Gasteiger partial charge in [0, 0.05) is 12.4 Å². The molecule has 10 heteroatoms. The van der Waals surface area contributed by atoms with Crippen LogP contribution in [0.4, 0.5) is 0 Å². The molecule has 1 heterocycles. The van der Waals surface area contributed by atoms with Gasteiger partial charge in [-0.1, -0.05) is 30.3 Å². The molecule has 0 bridgehead atoms. The van der Waals surface area contributed by atoms with Crippen molar-refractivity contribution in [2.24, 2.45) is 7.05 Å². The lowest BCUT2D eigenvalue weighted by Gasteiger charge is -2.25. The first-order valence-corrected chi connectivity index (χ1v) is 11.5. The predicted octanol–water partition coefficient (Wildman–Crippen LogP) is 3.81. The van der Waals surface area contributed by atoms with E-state index >= 15 is 0 Å². The normalized spacial score (nSPS) is 11.3. The summed E-state index contributed by atoms with van der Waals surface area (Å²) in [6.45, 7) is 3.64. The van der Waals surface area contributed by atoms with Gasteiger partial charge in [-0.3, -0.25) is 19.1 Å². The summed E-state index contributed by atoms with van der Waals surface area (Å²) in [7, 11) is 1.77. The molecule has 0 unspecified atom stereocenters.